The van der Waals surface area contributed by atoms with E-state index in [4.69, 9.17) is 0 Å². The fourth-order valence-corrected chi connectivity index (χ4v) is 2.99. The van der Waals surface area contributed by atoms with E-state index >= 15 is 0 Å². The van der Waals surface area contributed by atoms with Crippen molar-refractivity contribution >= 4 is 28.8 Å². The van der Waals surface area contributed by atoms with Crippen molar-refractivity contribution in [1.82, 2.24) is 14.9 Å². The second-order valence-electron chi connectivity index (χ2n) is 5.64. The topological polar surface area (TPSA) is 76.0 Å². The zero-order valence-corrected chi connectivity index (χ0v) is 14.5. The Bertz CT molecular complexity index is 827. The molecule has 0 aliphatic rings. The first-order valence-electron chi connectivity index (χ1n) is 7.83. The lowest BCUT2D eigenvalue weighted by Crippen LogP contribution is -2.35. The molecule has 1 aromatic carbocycles. The zero-order chi connectivity index (χ0) is 17.6. The van der Waals surface area contributed by atoms with E-state index in [1.165, 1.54) is 11.3 Å². The molecule has 128 valence electrons. The van der Waals surface area contributed by atoms with Crippen LogP contribution in [0.3, 0.4) is 0 Å². The summed E-state index contributed by atoms with van der Waals surface area (Å²) < 4.78 is 1.91. The number of thiophene rings is 1. The lowest BCUT2D eigenvalue weighted by atomic mass is 10.1. The van der Waals surface area contributed by atoms with Gasteiger partial charge in [0.1, 0.15) is 0 Å². The van der Waals surface area contributed by atoms with Gasteiger partial charge in [0.2, 0.25) is 0 Å². The van der Waals surface area contributed by atoms with E-state index in [9.17, 15) is 9.59 Å². The molecule has 6 nitrogen and oxygen atoms in total. The molecule has 2 amide bonds. The number of aromatic nitrogens is 2. The SMILES string of the molecule is C[C@@H](Cn1ccnc1)NC(=O)c1ccc(NC(=O)c2cccs2)cc1. The highest BCUT2D eigenvalue weighted by molar-refractivity contribution is 7.12. The van der Waals surface area contributed by atoms with Crippen LogP contribution in [0.5, 0.6) is 0 Å². The summed E-state index contributed by atoms with van der Waals surface area (Å²) in [6, 6.07) is 10.4. The largest absolute Gasteiger partial charge is 0.348 e. The molecule has 25 heavy (non-hydrogen) atoms. The van der Waals surface area contributed by atoms with Gasteiger partial charge in [0.15, 0.2) is 0 Å². The lowest BCUT2D eigenvalue weighted by molar-refractivity contribution is 0.0936. The fraction of sp³-hybridized carbons (Fsp3) is 0.167. The zero-order valence-electron chi connectivity index (χ0n) is 13.7. The Morgan fingerprint density at radius 2 is 2.00 bits per heavy atom. The van der Waals surface area contributed by atoms with Gasteiger partial charge in [0, 0.05) is 36.2 Å². The molecule has 0 spiro atoms. The third-order valence-electron chi connectivity index (χ3n) is 3.57. The van der Waals surface area contributed by atoms with Crippen LogP contribution in [0.25, 0.3) is 0 Å². The van der Waals surface area contributed by atoms with Crippen molar-refractivity contribution in [2.45, 2.75) is 19.5 Å². The molecule has 7 heteroatoms. The first-order chi connectivity index (χ1) is 12.1. The number of imidazole rings is 1. The lowest BCUT2D eigenvalue weighted by Gasteiger charge is -2.14. The normalized spacial score (nSPS) is 11.7. The number of hydrogen-bond acceptors (Lipinski definition) is 4. The number of nitrogens with zero attached hydrogens (tertiary/aromatic N) is 2. The molecular formula is C18H18N4O2S. The summed E-state index contributed by atoms with van der Waals surface area (Å²) in [7, 11) is 0. The molecule has 2 heterocycles. The quantitative estimate of drug-likeness (QED) is 0.714. The van der Waals surface area contributed by atoms with Crippen LogP contribution >= 0.6 is 11.3 Å². The molecule has 3 rings (SSSR count). The van der Waals surface area contributed by atoms with Gasteiger partial charge in [-0.15, -0.1) is 11.3 Å². The number of rotatable bonds is 6. The molecule has 0 saturated heterocycles. The van der Waals surface area contributed by atoms with Gasteiger partial charge in [-0.05, 0) is 42.6 Å². The number of carbonyl (C=O) groups is 2. The Morgan fingerprint density at radius 3 is 2.64 bits per heavy atom. The molecule has 0 aliphatic carbocycles. The van der Waals surface area contributed by atoms with E-state index in [-0.39, 0.29) is 17.9 Å². The van der Waals surface area contributed by atoms with E-state index in [2.05, 4.69) is 15.6 Å². The van der Waals surface area contributed by atoms with Gasteiger partial charge in [-0.1, -0.05) is 6.07 Å². The van der Waals surface area contributed by atoms with E-state index in [1.807, 2.05) is 29.1 Å². The Hall–Kier alpha value is -2.93. The predicted octanol–water partition coefficient (Wildman–Crippen LogP) is 3.02. The summed E-state index contributed by atoms with van der Waals surface area (Å²) in [6.45, 7) is 2.59. The minimum atomic E-state index is -0.152. The highest BCUT2D eigenvalue weighted by atomic mass is 32.1. The molecule has 2 N–H and O–H groups in total. The number of benzene rings is 1. The molecule has 0 unspecified atom stereocenters. The molecule has 0 radical (unpaired) electrons. The van der Waals surface area contributed by atoms with Gasteiger partial charge < -0.3 is 15.2 Å². The first-order valence-corrected chi connectivity index (χ1v) is 8.71. The van der Waals surface area contributed by atoms with Gasteiger partial charge >= 0.3 is 0 Å². The number of anilines is 1. The highest BCUT2D eigenvalue weighted by Gasteiger charge is 2.11. The van der Waals surface area contributed by atoms with Gasteiger partial charge in [0.25, 0.3) is 11.8 Å². The summed E-state index contributed by atoms with van der Waals surface area (Å²) in [4.78, 5) is 28.9. The van der Waals surface area contributed by atoms with E-state index < -0.39 is 0 Å². The number of hydrogen-bond donors (Lipinski definition) is 2. The van der Waals surface area contributed by atoms with Crippen molar-refractivity contribution in [1.29, 1.82) is 0 Å². The molecule has 0 saturated carbocycles. The summed E-state index contributed by atoms with van der Waals surface area (Å²) in [6.07, 6.45) is 5.28. The molecular weight excluding hydrogens is 336 g/mol. The van der Waals surface area contributed by atoms with Gasteiger partial charge in [-0.3, -0.25) is 9.59 Å². The average molecular weight is 354 g/mol. The first kappa shape index (κ1) is 16.9. The Labute approximate surface area is 149 Å². The maximum Gasteiger partial charge on any atom is 0.265 e. The Balaban J connectivity index is 1.56. The van der Waals surface area contributed by atoms with Crippen molar-refractivity contribution in [3.05, 3.63) is 70.9 Å². The van der Waals surface area contributed by atoms with Crippen molar-refractivity contribution in [2.75, 3.05) is 5.32 Å². The second-order valence-corrected chi connectivity index (χ2v) is 6.59. The second kappa shape index (κ2) is 7.76. The third-order valence-corrected chi connectivity index (χ3v) is 4.44. The molecule has 1 atom stereocenters. The number of nitrogens with one attached hydrogen (secondary N) is 2. The van der Waals surface area contributed by atoms with Crippen LogP contribution < -0.4 is 10.6 Å². The van der Waals surface area contributed by atoms with Crippen LogP contribution in [0.1, 0.15) is 27.0 Å². The monoisotopic (exact) mass is 354 g/mol. The predicted molar refractivity (Wildman–Crippen MR) is 97.9 cm³/mol. The molecule has 3 aromatic rings. The third kappa shape index (κ3) is 4.54. The smallest absolute Gasteiger partial charge is 0.265 e. The molecule has 0 bridgehead atoms. The minimum Gasteiger partial charge on any atom is -0.348 e. The molecule has 0 fully saturated rings. The Kier molecular flexibility index (Phi) is 5.25. The maximum atomic E-state index is 12.3. The number of amides is 2. The maximum absolute atomic E-state index is 12.3. The van der Waals surface area contributed by atoms with E-state index in [1.54, 1.807) is 42.9 Å². The van der Waals surface area contributed by atoms with Gasteiger partial charge in [-0.25, -0.2) is 4.98 Å². The Morgan fingerprint density at radius 1 is 1.20 bits per heavy atom. The standard InChI is InChI=1S/C18H18N4O2S/c1-13(11-22-9-8-19-12-22)20-17(23)14-4-6-15(7-5-14)21-18(24)16-3-2-10-25-16/h2-10,12-13H,11H2,1H3,(H,20,23)(H,21,24)/t13-/m0/s1. The summed E-state index contributed by atoms with van der Waals surface area (Å²) >= 11 is 1.38. The van der Waals surface area contributed by atoms with Crippen LogP contribution in [-0.2, 0) is 6.54 Å². The van der Waals surface area contributed by atoms with E-state index in [0.717, 1.165) is 0 Å². The van der Waals surface area contributed by atoms with Crippen LogP contribution in [0.4, 0.5) is 5.69 Å². The summed E-state index contributed by atoms with van der Waals surface area (Å²) in [5.74, 6) is -0.301. The van der Waals surface area contributed by atoms with Crippen molar-refractivity contribution in [2.24, 2.45) is 0 Å². The van der Waals surface area contributed by atoms with Crippen LogP contribution in [0.15, 0.2) is 60.5 Å². The van der Waals surface area contributed by atoms with E-state index in [0.29, 0.717) is 22.7 Å². The van der Waals surface area contributed by atoms with Crippen molar-refractivity contribution in [3.8, 4) is 0 Å². The van der Waals surface area contributed by atoms with Crippen molar-refractivity contribution in [3.63, 3.8) is 0 Å². The average Bonchev–Trinajstić information content (AvgIpc) is 3.29. The number of carbonyl (C=O) groups excluding carboxylic acids is 2. The minimum absolute atomic E-state index is 0.0279. The summed E-state index contributed by atoms with van der Waals surface area (Å²) in [5.41, 5.74) is 1.20. The van der Waals surface area contributed by atoms with Gasteiger partial charge in [0.05, 0.1) is 11.2 Å². The fourth-order valence-electron chi connectivity index (χ4n) is 2.37. The van der Waals surface area contributed by atoms with Crippen LogP contribution in [0, 0.1) is 0 Å². The van der Waals surface area contributed by atoms with Crippen molar-refractivity contribution < 1.29 is 9.59 Å². The molecule has 0 aliphatic heterocycles. The summed E-state index contributed by atoms with van der Waals surface area (Å²) in [5, 5.41) is 7.61. The van der Waals surface area contributed by atoms with Gasteiger partial charge in [-0.2, -0.15) is 0 Å². The van der Waals surface area contributed by atoms with Crippen LogP contribution in [-0.4, -0.2) is 27.4 Å². The highest BCUT2D eigenvalue weighted by Crippen LogP contribution is 2.14. The van der Waals surface area contributed by atoms with Crippen LogP contribution in [0.2, 0.25) is 0 Å². The molecule has 2 aromatic heterocycles.